The van der Waals surface area contributed by atoms with Crippen molar-refractivity contribution in [2.45, 2.75) is 38.8 Å². The zero-order valence-corrected chi connectivity index (χ0v) is 12.4. The molecule has 108 valence electrons. The second-order valence-corrected chi connectivity index (χ2v) is 5.83. The highest BCUT2D eigenvalue weighted by Gasteiger charge is 2.21. The number of hydrogen-bond acceptors (Lipinski definition) is 2. The maximum absolute atomic E-state index is 3.54. The molecule has 1 saturated heterocycles. The number of benzene rings is 1. The lowest BCUT2D eigenvalue weighted by Crippen LogP contribution is -2.45. The van der Waals surface area contributed by atoms with E-state index in [2.05, 4.69) is 52.6 Å². The Hall–Kier alpha value is -1.32. The first-order chi connectivity index (χ1) is 9.88. The standard InChI is InChI=1S/C17H25N3/c1-2-10-20(15-6-5-9-18-12-15)13-14-11-19-17-8-4-3-7-16(14)17/h3-4,7-8,11,15,18-19H,2,5-6,9-10,12-13H2,1H3. The molecule has 0 bridgehead atoms. The Bertz CT molecular complexity index is 540. The van der Waals surface area contributed by atoms with E-state index in [1.54, 1.807) is 0 Å². The molecule has 0 radical (unpaired) electrons. The number of H-pyrrole nitrogens is 1. The van der Waals surface area contributed by atoms with Crippen LogP contribution >= 0.6 is 0 Å². The molecule has 1 aromatic carbocycles. The molecule has 0 saturated carbocycles. The maximum atomic E-state index is 3.54. The van der Waals surface area contributed by atoms with Crippen LogP contribution in [0.15, 0.2) is 30.5 Å². The Morgan fingerprint density at radius 2 is 2.20 bits per heavy atom. The lowest BCUT2D eigenvalue weighted by molar-refractivity contribution is 0.158. The highest BCUT2D eigenvalue weighted by molar-refractivity contribution is 5.82. The molecule has 0 aliphatic carbocycles. The summed E-state index contributed by atoms with van der Waals surface area (Å²) in [6.07, 6.45) is 6.04. The van der Waals surface area contributed by atoms with E-state index in [9.17, 15) is 0 Å². The van der Waals surface area contributed by atoms with E-state index in [1.807, 2.05) is 0 Å². The van der Waals surface area contributed by atoms with Crippen LogP contribution in [-0.2, 0) is 6.54 Å². The van der Waals surface area contributed by atoms with Crippen molar-refractivity contribution in [1.82, 2.24) is 15.2 Å². The van der Waals surface area contributed by atoms with Gasteiger partial charge in [0.05, 0.1) is 0 Å². The van der Waals surface area contributed by atoms with E-state index in [0.29, 0.717) is 6.04 Å². The van der Waals surface area contributed by atoms with Crippen molar-refractivity contribution in [2.75, 3.05) is 19.6 Å². The third-order valence-corrected chi connectivity index (χ3v) is 4.35. The molecule has 3 heteroatoms. The predicted molar refractivity (Wildman–Crippen MR) is 84.9 cm³/mol. The van der Waals surface area contributed by atoms with Gasteiger partial charge < -0.3 is 10.3 Å². The van der Waals surface area contributed by atoms with Gasteiger partial charge in [-0.3, -0.25) is 4.90 Å². The van der Waals surface area contributed by atoms with Gasteiger partial charge in [-0.05, 0) is 44.0 Å². The van der Waals surface area contributed by atoms with E-state index in [0.717, 1.165) is 13.1 Å². The van der Waals surface area contributed by atoms with Crippen molar-refractivity contribution in [3.63, 3.8) is 0 Å². The molecule has 3 nitrogen and oxygen atoms in total. The largest absolute Gasteiger partial charge is 0.361 e. The van der Waals surface area contributed by atoms with Gasteiger partial charge in [0.15, 0.2) is 0 Å². The summed E-state index contributed by atoms with van der Waals surface area (Å²) < 4.78 is 0. The second kappa shape index (κ2) is 6.42. The van der Waals surface area contributed by atoms with Crippen molar-refractivity contribution in [1.29, 1.82) is 0 Å². The van der Waals surface area contributed by atoms with Crippen molar-refractivity contribution in [3.8, 4) is 0 Å². The summed E-state index contributed by atoms with van der Waals surface area (Å²) in [6.45, 7) is 6.85. The molecule has 1 aromatic heterocycles. The summed E-state index contributed by atoms with van der Waals surface area (Å²) in [5.41, 5.74) is 2.68. The first-order valence-corrected chi connectivity index (χ1v) is 7.88. The van der Waals surface area contributed by atoms with Crippen LogP contribution < -0.4 is 5.32 Å². The van der Waals surface area contributed by atoms with E-state index >= 15 is 0 Å². The molecule has 2 N–H and O–H groups in total. The SMILES string of the molecule is CCCN(Cc1c[nH]c2ccccc12)C1CCCNC1. The number of hydrogen-bond donors (Lipinski definition) is 2. The van der Waals surface area contributed by atoms with Crippen LogP contribution in [0.3, 0.4) is 0 Å². The summed E-state index contributed by atoms with van der Waals surface area (Å²) in [5, 5.41) is 4.91. The number of nitrogens with one attached hydrogen (secondary N) is 2. The summed E-state index contributed by atoms with van der Waals surface area (Å²) in [4.78, 5) is 6.05. The Morgan fingerprint density at radius 3 is 3.00 bits per heavy atom. The minimum atomic E-state index is 0.692. The van der Waals surface area contributed by atoms with Crippen LogP contribution in [0.5, 0.6) is 0 Å². The Morgan fingerprint density at radius 1 is 1.30 bits per heavy atom. The molecule has 1 unspecified atom stereocenters. The predicted octanol–water partition coefficient (Wildman–Crippen LogP) is 3.13. The van der Waals surface area contributed by atoms with Crippen molar-refractivity contribution in [3.05, 3.63) is 36.0 Å². The topological polar surface area (TPSA) is 31.1 Å². The number of nitrogens with zero attached hydrogens (tertiary/aromatic N) is 1. The molecule has 1 atom stereocenters. The smallest absolute Gasteiger partial charge is 0.0457 e. The number of aromatic amines is 1. The molecule has 20 heavy (non-hydrogen) atoms. The fraction of sp³-hybridized carbons (Fsp3) is 0.529. The van der Waals surface area contributed by atoms with Crippen LogP contribution in [-0.4, -0.2) is 35.6 Å². The molecular formula is C17H25N3. The Labute approximate surface area is 121 Å². The lowest BCUT2D eigenvalue weighted by atomic mass is 10.0. The van der Waals surface area contributed by atoms with Crippen molar-refractivity contribution >= 4 is 10.9 Å². The highest BCUT2D eigenvalue weighted by Crippen LogP contribution is 2.21. The summed E-state index contributed by atoms with van der Waals surface area (Å²) >= 11 is 0. The summed E-state index contributed by atoms with van der Waals surface area (Å²) in [7, 11) is 0. The van der Waals surface area contributed by atoms with Gasteiger partial charge in [-0.15, -0.1) is 0 Å². The molecule has 3 rings (SSSR count). The van der Waals surface area contributed by atoms with Gasteiger partial charge in [0.25, 0.3) is 0 Å². The average Bonchev–Trinajstić information content (AvgIpc) is 2.91. The fourth-order valence-electron chi connectivity index (χ4n) is 3.30. The van der Waals surface area contributed by atoms with Crippen LogP contribution in [0.25, 0.3) is 10.9 Å². The first kappa shape index (κ1) is 13.7. The lowest BCUT2D eigenvalue weighted by Gasteiger charge is -2.34. The van der Waals surface area contributed by atoms with Crippen LogP contribution in [0.4, 0.5) is 0 Å². The van der Waals surface area contributed by atoms with Crippen LogP contribution in [0, 0.1) is 0 Å². The van der Waals surface area contributed by atoms with Gasteiger partial charge in [0.2, 0.25) is 0 Å². The molecule has 2 aromatic rings. The van der Waals surface area contributed by atoms with E-state index in [-0.39, 0.29) is 0 Å². The van der Waals surface area contributed by atoms with Gasteiger partial charge in [-0.2, -0.15) is 0 Å². The average molecular weight is 271 g/mol. The van der Waals surface area contributed by atoms with Crippen molar-refractivity contribution < 1.29 is 0 Å². The van der Waals surface area contributed by atoms with Gasteiger partial charge >= 0.3 is 0 Å². The number of fused-ring (bicyclic) bond motifs is 1. The number of para-hydroxylation sites is 1. The fourth-order valence-corrected chi connectivity index (χ4v) is 3.30. The minimum Gasteiger partial charge on any atom is -0.361 e. The molecule has 0 amide bonds. The van der Waals surface area contributed by atoms with Gasteiger partial charge in [0, 0.05) is 36.2 Å². The normalized spacial score (nSPS) is 19.8. The molecule has 1 aliphatic rings. The third kappa shape index (κ3) is 2.89. The van der Waals surface area contributed by atoms with E-state index in [4.69, 9.17) is 0 Å². The molecular weight excluding hydrogens is 246 g/mol. The van der Waals surface area contributed by atoms with Crippen LogP contribution in [0.1, 0.15) is 31.7 Å². The quantitative estimate of drug-likeness (QED) is 0.875. The van der Waals surface area contributed by atoms with Gasteiger partial charge in [-0.1, -0.05) is 25.1 Å². The number of rotatable bonds is 5. The highest BCUT2D eigenvalue weighted by atomic mass is 15.2. The number of piperidine rings is 1. The number of aromatic nitrogens is 1. The Kier molecular flexibility index (Phi) is 4.38. The van der Waals surface area contributed by atoms with E-state index in [1.165, 1.54) is 48.8 Å². The third-order valence-electron chi connectivity index (χ3n) is 4.35. The minimum absolute atomic E-state index is 0.692. The second-order valence-electron chi connectivity index (χ2n) is 5.83. The Balaban J connectivity index is 1.78. The monoisotopic (exact) mass is 271 g/mol. The maximum Gasteiger partial charge on any atom is 0.0457 e. The van der Waals surface area contributed by atoms with Crippen LogP contribution in [0.2, 0.25) is 0 Å². The molecule has 1 aliphatic heterocycles. The molecule has 0 spiro atoms. The summed E-state index contributed by atoms with van der Waals surface area (Å²) in [6, 6.07) is 9.30. The summed E-state index contributed by atoms with van der Waals surface area (Å²) in [5.74, 6) is 0. The molecule has 2 heterocycles. The van der Waals surface area contributed by atoms with Crippen molar-refractivity contribution in [2.24, 2.45) is 0 Å². The van der Waals surface area contributed by atoms with Gasteiger partial charge in [-0.25, -0.2) is 0 Å². The molecule has 1 fully saturated rings. The van der Waals surface area contributed by atoms with E-state index < -0.39 is 0 Å². The van der Waals surface area contributed by atoms with Gasteiger partial charge in [0.1, 0.15) is 0 Å². The zero-order chi connectivity index (χ0) is 13.8. The first-order valence-electron chi connectivity index (χ1n) is 7.88. The zero-order valence-electron chi connectivity index (χ0n) is 12.4.